The van der Waals surface area contributed by atoms with Gasteiger partial charge >= 0.3 is 0 Å². The second kappa shape index (κ2) is 4.87. The lowest BCUT2D eigenvalue weighted by atomic mass is 9.97. The van der Waals surface area contributed by atoms with Gasteiger partial charge in [-0.25, -0.2) is 9.79 Å². The molecule has 1 heterocycles. The Morgan fingerprint density at radius 1 is 1.53 bits per heavy atom. The highest BCUT2D eigenvalue weighted by Gasteiger charge is 2.17. The van der Waals surface area contributed by atoms with E-state index in [0.717, 1.165) is 25.2 Å². The molecular formula is C12H13NO2. The van der Waals surface area contributed by atoms with Gasteiger partial charge < -0.3 is 4.74 Å². The van der Waals surface area contributed by atoms with Gasteiger partial charge in [-0.3, -0.25) is 0 Å². The van der Waals surface area contributed by atoms with E-state index in [2.05, 4.69) is 17.1 Å². The quantitative estimate of drug-likeness (QED) is 0.557. The summed E-state index contributed by atoms with van der Waals surface area (Å²) in [6.07, 6.45) is 2.64. The molecule has 3 nitrogen and oxygen atoms in total. The van der Waals surface area contributed by atoms with Gasteiger partial charge in [0.2, 0.25) is 6.08 Å². The minimum absolute atomic E-state index is 0.422. The lowest BCUT2D eigenvalue weighted by molar-refractivity contribution is 0.194. The fraction of sp³-hybridized carbons (Fsp3) is 0.417. The summed E-state index contributed by atoms with van der Waals surface area (Å²) >= 11 is 0. The zero-order chi connectivity index (χ0) is 10.5. The highest BCUT2D eigenvalue weighted by molar-refractivity contribution is 5.34. The molecule has 1 saturated heterocycles. The number of carbonyl (C=O) groups excluding carboxylic acids is 1. The van der Waals surface area contributed by atoms with E-state index < -0.39 is 0 Å². The van der Waals surface area contributed by atoms with Gasteiger partial charge in [-0.05, 0) is 17.5 Å². The first-order valence-corrected chi connectivity index (χ1v) is 5.10. The number of ether oxygens (including phenoxy) is 1. The Labute approximate surface area is 88.8 Å². The Balaban J connectivity index is 2.14. The van der Waals surface area contributed by atoms with Crippen LogP contribution in [0, 0.1) is 0 Å². The highest BCUT2D eigenvalue weighted by atomic mass is 16.5. The normalized spacial score (nSPS) is 19.9. The minimum atomic E-state index is 0.422. The maximum Gasteiger partial charge on any atom is 0.235 e. The van der Waals surface area contributed by atoms with Crippen LogP contribution < -0.4 is 0 Å². The molecule has 1 aromatic rings. The summed E-state index contributed by atoms with van der Waals surface area (Å²) < 4.78 is 5.35. The standard InChI is InChI=1S/C12H13NO2/c14-9-13-7-10-2-1-3-11(6-10)12-4-5-15-8-12/h1-3,6,12H,4-5,7-8H2. The molecule has 2 rings (SSSR count). The second-order valence-electron chi connectivity index (χ2n) is 3.71. The van der Waals surface area contributed by atoms with Crippen LogP contribution in [0.1, 0.15) is 23.5 Å². The molecule has 0 aromatic heterocycles. The van der Waals surface area contributed by atoms with Crippen LogP contribution in [0.5, 0.6) is 0 Å². The van der Waals surface area contributed by atoms with Crippen LogP contribution in [0.4, 0.5) is 0 Å². The first-order chi connectivity index (χ1) is 7.40. The largest absolute Gasteiger partial charge is 0.381 e. The lowest BCUT2D eigenvalue weighted by Gasteiger charge is -2.08. The molecule has 1 aromatic carbocycles. The van der Waals surface area contributed by atoms with E-state index in [9.17, 15) is 4.79 Å². The van der Waals surface area contributed by atoms with E-state index in [-0.39, 0.29) is 0 Å². The van der Waals surface area contributed by atoms with Crippen molar-refractivity contribution >= 4 is 6.08 Å². The molecule has 0 aliphatic carbocycles. The Morgan fingerprint density at radius 2 is 2.47 bits per heavy atom. The van der Waals surface area contributed by atoms with Crippen molar-refractivity contribution in [3.05, 3.63) is 35.4 Å². The SMILES string of the molecule is O=C=NCc1cccc(C2CCOC2)c1. The van der Waals surface area contributed by atoms with Crippen molar-refractivity contribution in [3.63, 3.8) is 0 Å². The molecule has 1 aliphatic rings. The van der Waals surface area contributed by atoms with Crippen LogP contribution in [-0.2, 0) is 16.1 Å². The van der Waals surface area contributed by atoms with Crippen LogP contribution in [-0.4, -0.2) is 19.3 Å². The van der Waals surface area contributed by atoms with Gasteiger partial charge in [0.15, 0.2) is 0 Å². The maximum absolute atomic E-state index is 10.0. The third-order valence-electron chi connectivity index (χ3n) is 2.68. The van der Waals surface area contributed by atoms with Crippen LogP contribution in [0.25, 0.3) is 0 Å². The topological polar surface area (TPSA) is 38.7 Å². The average Bonchev–Trinajstić information content (AvgIpc) is 2.80. The molecule has 1 aliphatic heterocycles. The predicted octanol–water partition coefficient (Wildman–Crippen LogP) is 2.03. The molecular weight excluding hydrogens is 190 g/mol. The fourth-order valence-electron chi connectivity index (χ4n) is 1.87. The van der Waals surface area contributed by atoms with Gasteiger partial charge in [0.25, 0.3) is 0 Å². The number of aliphatic imine (C=N–C) groups is 1. The van der Waals surface area contributed by atoms with Crippen molar-refractivity contribution in [3.8, 4) is 0 Å². The van der Waals surface area contributed by atoms with E-state index in [4.69, 9.17) is 4.74 Å². The van der Waals surface area contributed by atoms with Crippen LogP contribution in [0.2, 0.25) is 0 Å². The summed E-state index contributed by atoms with van der Waals surface area (Å²) in [5.41, 5.74) is 2.34. The van der Waals surface area contributed by atoms with Crippen LogP contribution in [0.15, 0.2) is 29.3 Å². The van der Waals surface area contributed by atoms with Gasteiger partial charge in [0, 0.05) is 12.5 Å². The fourth-order valence-corrected chi connectivity index (χ4v) is 1.87. The zero-order valence-electron chi connectivity index (χ0n) is 8.48. The third kappa shape index (κ3) is 2.52. The summed E-state index contributed by atoms with van der Waals surface area (Å²) in [4.78, 5) is 13.6. The second-order valence-corrected chi connectivity index (χ2v) is 3.71. The average molecular weight is 203 g/mol. The summed E-state index contributed by atoms with van der Waals surface area (Å²) in [6, 6.07) is 8.18. The summed E-state index contributed by atoms with van der Waals surface area (Å²) in [7, 11) is 0. The van der Waals surface area contributed by atoms with Crippen molar-refractivity contribution in [2.24, 2.45) is 4.99 Å². The molecule has 1 atom stereocenters. The van der Waals surface area contributed by atoms with Gasteiger partial charge in [-0.1, -0.05) is 24.3 Å². The highest BCUT2D eigenvalue weighted by Crippen LogP contribution is 2.25. The molecule has 0 N–H and O–H groups in total. The molecule has 0 bridgehead atoms. The number of hydrogen-bond donors (Lipinski definition) is 0. The molecule has 3 heteroatoms. The molecule has 0 radical (unpaired) electrons. The van der Waals surface area contributed by atoms with E-state index in [1.807, 2.05) is 12.1 Å². The Morgan fingerprint density at radius 3 is 3.20 bits per heavy atom. The number of hydrogen-bond acceptors (Lipinski definition) is 3. The van der Waals surface area contributed by atoms with Crippen LogP contribution >= 0.6 is 0 Å². The van der Waals surface area contributed by atoms with Gasteiger partial charge in [0.1, 0.15) is 0 Å². The predicted molar refractivity (Wildman–Crippen MR) is 56.4 cm³/mol. The molecule has 0 saturated carbocycles. The smallest absolute Gasteiger partial charge is 0.235 e. The van der Waals surface area contributed by atoms with Crippen molar-refractivity contribution < 1.29 is 9.53 Å². The molecule has 15 heavy (non-hydrogen) atoms. The van der Waals surface area contributed by atoms with E-state index >= 15 is 0 Å². The first-order valence-electron chi connectivity index (χ1n) is 5.10. The lowest BCUT2D eigenvalue weighted by Crippen LogP contribution is -1.98. The first kappa shape index (κ1) is 10.1. The molecule has 0 amide bonds. The monoisotopic (exact) mass is 203 g/mol. The number of nitrogens with zero attached hydrogens (tertiary/aromatic N) is 1. The summed E-state index contributed by atoms with van der Waals surface area (Å²) in [5.74, 6) is 0.505. The minimum Gasteiger partial charge on any atom is -0.381 e. The maximum atomic E-state index is 10.0. The van der Waals surface area contributed by atoms with Gasteiger partial charge in [-0.15, -0.1) is 0 Å². The van der Waals surface area contributed by atoms with Gasteiger partial charge in [0.05, 0.1) is 13.2 Å². The van der Waals surface area contributed by atoms with Crippen molar-refractivity contribution in [1.29, 1.82) is 0 Å². The molecule has 1 fully saturated rings. The molecule has 78 valence electrons. The Hall–Kier alpha value is -1.44. The zero-order valence-corrected chi connectivity index (χ0v) is 8.48. The number of isocyanates is 1. The Bertz CT molecular complexity index is 377. The molecule has 0 spiro atoms. The number of benzene rings is 1. The number of rotatable bonds is 3. The van der Waals surface area contributed by atoms with Crippen molar-refractivity contribution in [2.45, 2.75) is 18.9 Å². The summed E-state index contributed by atoms with van der Waals surface area (Å²) in [5, 5.41) is 0. The van der Waals surface area contributed by atoms with E-state index in [0.29, 0.717) is 12.5 Å². The Kier molecular flexibility index (Phi) is 3.28. The third-order valence-corrected chi connectivity index (χ3v) is 2.68. The van der Waals surface area contributed by atoms with E-state index in [1.54, 1.807) is 6.08 Å². The van der Waals surface area contributed by atoms with Gasteiger partial charge in [-0.2, -0.15) is 0 Å². The van der Waals surface area contributed by atoms with E-state index in [1.165, 1.54) is 5.56 Å². The van der Waals surface area contributed by atoms with Crippen molar-refractivity contribution in [2.75, 3.05) is 13.2 Å². The molecule has 1 unspecified atom stereocenters. The van der Waals surface area contributed by atoms with Crippen molar-refractivity contribution in [1.82, 2.24) is 0 Å². The summed E-state index contributed by atoms with van der Waals surface area (Å²) in [6.45, 7) is 2.08. The van der Waals surface area contributed by atoms with Crippen LogP contribution in [0.3, 0.4) is 0 Å².